The first-order valence-corrected chi connectivity index (χ1v) is 8.28. The number of hydrogen-bond donors (Lipinski definition) is 1. The van der Waals surface area contributed by atoms with E-state index in [-0.39, 0.29) is 0 Å². The summed E-state index contributed by atoms with van der Waals surface area (Å²) in [5, 5.41) is 4.47. The molecule has 0 aliphatic heterocycles. The van der Waals surface area contributed by atoms with Crippen LogP contribution in [0.3, 0.4) is 0 Å². The summed E-state index contributed by atoms with van der Waals surface area (Å²) in [6.45, 7) is 10.9. The maximum atomic E-state index is 5.93. The number of nitrogens with one attached hydrogen (secondary N) is 1. The third kappa shape index (κ3) is 4.29. The van der Waals surface area contributed by atoms with Crippen molar-refractivity contribution in [1.29, 1.82) is 0 Å². The Kier molecular flexibility index (Phi) is 5.76. The molecule has 0 amide bonds. The van der Waals surface area contributed by atoms with Gasteiger partial charge in [-0.05, 0) is 50.9 Å². The molecule has 3 nitrogen and oxygen atoms in total. The first-order chi connectivity index (χ1) is 10.1. The van der Waals surface area contributed by atoms with E-state index in [2.05, 4.69) is 44.1 Å². The summed E-state index contributed by atoms with van der Waals surface area (Å²) in [5.74, 6) is 0.952. The summed E-state index contributed by atoms with van der Waals surface area (Å²) in [6.07, 6.45) is 1.15. The predicted octanol–water partition coefficient (Wildman–Crippen LogP) is 4.15. The summed E-state index contributed by atoms with van der Waals surface area (Å²) >= 11 is 1.74. The standard InChI is InChI=1S/C17H24N2OS/c1-5-9-18-10-16-14(4)19-17(21-16)11-20-15-8-6-7-12(2)13(15)3/h6-8,18H,5,9-11H2,1-4H3. The van der Waals surface area contributed by atoms with Crippen LogP contribution in [0.5, 0.6) is 5.75 Å². The minimum atomic E-state index is 0.545. The van der Waals surface area contributed by atoms with Gasteiger partial charge >= 0.3 is 0 Å². The minimum Gasteiger partial charge on any atom is -0.486 e. The molecule has 0 unspecified atom stereocenters. The van der Waals surface area contributed by atoms with Crippen molar-refractivity contribution < 1.29 is 4.74 Å². The molecule has 21 heavy (non-hydrogen) atoms. The van der Waals surface area contributed by atoms with Gasteiger partial charge in [-0.25, -0.2) is 4.98 Å². The quantitative estimate of drug-likeness (QED) is 0.780. The molecule has 2 aromatic rings. The zero-order valence-electron chi connectivity index (χ0n) is 13.3. The molecular weight excluding hydrogens is 280 g/mol. The Balaban J connectivity index is 1.97. The number of aromatic nitrogens is 1. The summed E-state index contributed by atoms with van der Waals surface area (Å²) in [5.41, 5.74) is 3.58. The predicted molar refractivity (Wildman–Crippen MR) is 89.1 cm³/mol. The lowest BCUT2D eigenvalue weighted by Crippen LogP contribution is -2.13. The van der Waals surface area contributed by atoms with Gasteiger partial charge in [-0.15, -0.1) is 11.3 Å². The molecule has 2 rings (SSSR count). The molecule has 1 aromatic heterocycles. The van der Waals surface area contributed by atoms with E-state index in [1.54, 1.807) is 11.3 Å². The van der Waals surface area contributed by atoms with Gasteiger partial charge in [0.05, 0.1) is 5.69 Å². The molecule has 0 aliphatic carbocycles. The molecule has 1 N–H and O–H groups in total. The highest BCUT2D eigenvalue weighted by molar-refractivity contribution is 7.11. The SMILES string of the molecule is CCCNCc1sc(COc2cccc(C)c2C)nc1C. The second kappa shape index (κ2) is 7.57. The number of aryl methyl sites for hydroxylation is 2. The fraction of sp³-hybridized carbons (Fsp3) is 0.471. The zero-order chi connectivity index (χ0) is 15.2. The monoisotopic (exact) mass is 304 g/mol. The summed E-state index contributed by atoms with van der Waals surface area (Å²) in [7, 11) is 0. The molecule has 0 aliphatic rings. The van der Waals surface area contributed by atoms with Crippen LogP contribution >= 0.6 is 11.3 Å². The first-order valence-electron chi connectivity index (χ1n) is 7.46. The zero-order valence-corrected chi connectivity index (χ0v) is 14.1. The maximum Gasteiger partial charge on any atom is 0.140 e. The second-order valence-corrected chi connectivity index (χ2v) is 6.45. The highest BCUT2D eigenvalue weighted by atomic mass is 32.1. The lowest BCUT2D eigenvalue weighted by Gasteiger charge is -2.09. The van der Waals surface area contributed by atoms with Crippen LogP contribution in [0.4, 0.5) is 0 Å². The van der Waals surface area contributed by atoms with E-state index in [1.165, 1.54) is 16.0 Å². The van der Waals surface area contributed by atoms with Crippen molar-refractivity contribution in [3.05, 3.63) is 44.9 Å². The van der Waals surface area contributed by atoms with Gasteiger partial charge in [0.15, 0.2) is 0 Å². The van der Waals surface area contributed by atoms with Crippen LogP contribution in [-0.4, -0.2) is 11.5 Å². The molecule has 4 heteroatoms. The van der Waals surface area contributed by atoms with Crippen molar-refractivity contribution >= 4 is 11.3 Å². The van der Waals surface area contributed by atoms with Crippen LogP contribution in [-0.2, 0) is 13.2 Å². The van der Waals surface area contributed by atoms with E-state index in [9.17, 15) is 0 Å². The lowest BCUT2D eigenvalue weighted by atomic mass is 10.1. The Morgan fingerprint density at radius 2 is 2.05 bits per heavy atom. The largest absolute Gasteiger partial charge is 0.486 e. The van der Waals surface area contributed by atoms with Gasteiger partial charge in [0, 0.05) is 11.4 Å². The van der Waals surface area contributed by atoms with Gasteiger partial charge in [-0.2, -0.15) is 0 Å². The summed E-state index contributed by atoms with van der Waals surface area (Å²) < 4.78 is 5.93. The summed E-state index contributed by atoms with van der Waals surface area (Å²) in [6, 6.07) is 6.16. The van der Waals surface area contributed by atoms with E-state index in [1.807, 2.05) is 12.1 Å². The smallest absolute Gasteiger partial charge is 0.140 e. The molecule has 0 radical (unpaired) electrons. The van der Waals surface area contributed by atoms with E-state index < -0.39 is 0 Å². The van der Waals surface area contributed by atoms with Crippen LogP contribution in [0.2, 0.25) is 0 Å². The normalized spacial score (nSPS) is 10.9. The minimum absolute atomic E-state index is 0.545. The van der Waals surface area contributed by atoms with Gasteiger partial charge in [0.1, 0.15) is 17.4 Å². The Hall–Kier alpha value is -1.39. The highest BCUT2D eigenvalue weighted by Crippen LogP contribution is 2.24. The van der Waals surface area contributed by atoms with Gasteiger partial charge in [-0.1, -0.05) is 19.1 Å². The molecular formula is C17H24N2OS. The van der Waals surface area contributed by atoms with Gasteiger partial charge in [0.2, 0.25) is 0 Å². The average Bonchev–Trinajstić information content (AvgIpc) is 2.81. The van der Waals surface area contributed by atoms with Gasteiger partial charge in [-0.3, -0.25) is 0 Å². The van der Waals surface area contributed by atoms with E-state index in [0.29, 0.717) is 6.61 Å². The number of hydrogen-bond acceptors (Lipinski definition) is 4. The molecule has 114 valence electrons. The molecule has 0 spiro atoms. The fourth-order valence-corrected chi connectivity index (χ4v) is 3.07. The van der Waals surface area contributed by atoms with Crippen LogP contribution < -0.4 is 10.1 Å². The van der Waals surface area contributed by atoms with Crippen molar-refractivity contribution in [2.45, 2.75) is 47.3 Å². The van der Waals surface area contributed by atoms with Crippen LogP contribution in [0.1, 0.15) is 40.1 Å². The highest BCUT2D eigenvalue weighted by Gasteiger charge is 2.09. The Bertz CT molecular complexity index is 592. The van der Waals surface area contributed by atoms with Crippen molar-refractivity contribution in [3.63, 3.8) is 0 Å². The topological polar surface area (TPSA) is 34.1 Å². The Labute approximate surface area is 131 Å². The average molecular weight is 304 g/mol. The lowest BCUT2D eigenvalue weighted by molar-refractivity contribution is 0.303. The number of ether oxygens (including phenoxy) is 1. The molecule has 0 saturated carbocycles. The molecule has 1 heterocycles. The summed E-state index contributed by atoms with van der Waals surface area (Å²) in [4.78, 5) is 5.92. The van der Waals surface area contributed by atoms with Gasteiger partial charge < -0.3 is 10.1 Å². The van der Waals surface area contributed by atoms with Crippen molar-refractivity contribution in [1.82, 2.24) is 10.3 Å². The molecule has 1 aromatic carbocycles. The molecule has 0 bridgehead atoms. The van der Waals surface area contributed by atoms with E-state index in [4.69, 9.17) is 4.74 Å². The molecule has 0 saturated heterocycles. The number of rotatable bonds is 7. The number of nitrogens with zero attached hydrogens (tertiary/aromatic N) is 1. The van der Waals surface area contributed by atoms with Crippen molar-refractivity contribution in [2.24, 2.45) is 0 Å². The second-order valence-electron chi connectivity index (χ2n) is 5.28. The maximum absolute atomic E-state index is 5.93. The van der Waals surface area contributed by atoms with Crippen LogP contribution in [0.15, 0.2) is 18.2 Å². The van der Waals surface area contributed by atoms with Crippen molar-refractivity contribution in [2.75, 3.05) is 6.54 Å². The Morgan fingerprint density at radius 3 is 2.81 bits per heavy atom. The third-order valence-corrected chi connectivity index (χ3v) is 4.69. The molecule has 0 atom stereocenters. The van der Waals surface area contributed by atoms with Crippen LogP contribution in [0, 0.1) is 20.8 Å². The Morgan fingerprint density at radius 1 is 1.24 bits per heavy atom. The fourth-order valence-electron chi connectivity index (χ4n) is 2.11. The number of thiazole rings is 1. The van der Waals surface area contributed by atoms with Gasteiger partial charge in [0.25, 0.3) is 0 Å². The van der Waals surface area contributed by atoms with E-state index in [0.717, 1.165) is 36.0 Å². The first kappa shape index (κ1) is 16.0. The van der Waals surface area contributed by atoms with Crippen LogP contribution in [0.25, 0.3) is 0 Å². The molecule has 0 fully saturated rings. The number of benzene rings is 1. The van der Waals surface area contributed by atoms with Crippen molar-refractivity contribution in [3.8, 4) is 5.75 Å². The third-order valence-electron chi connectivity index (χ3n) is 3.56. The van der Waals surface area contributed by atoms with E-state index >= 15 is 0 Å².